The number of benzene rings is 1. The van der Waals surface area contributed by atoms with Crippen LogP contribution in [0, 0.1) is 29.0 Å². The molecule has 0 aliphatic heterocycles. The van der Waals surface area contributed by atoms with Crippen LogP contribution < -0.4 is 0 Å². The van der Waals surface area contributed by atoms with Crippen LogP contribution in [0.5, 0.6) is 0 Å². The lowest BCUT2D eigenvalue weighted by Gasteiger charge is -2.17. The first-order valence-electron chi connectivity index (χ1n) is 6.33. The van der Waals surface area contributed by atoms with E-state index in [1.54, 1.807) is 12.1 Å². The Morgan fingerprint density at radius 1 is 1.44 bits per heavy atom. The lowest BCUT2D eigenvalue weighted by molar-refractivity contribution is -0.124. The number of hydrogen-bond acceptors (Lipinski definition) is 2. The van der Waals surface area contributed by atoms with Crippen molar-refractivity contribution in [2.24, 2.45) is 11.8 Å². The van der Waals surface area contributed by atoms with E-state index < -0.39 is 11.7 Å². The minimum absolute atomic E-state index is 0.0887. The number of ketones is 1. The molecule has 2 rings (SSSR count). The van der Waals surface area contributed by atoms with Crippen LogP contribution in [-0.4, -0.2) is 5.78 Å². The van der Waals surface area contributed by atoms with Crippen molar-refractivity contribution in [2.75, 3.05) is 0 Å². The van der Waals surface area contributed by atoms with Gasteiger partial charge in [0.1, 0.15) is 11.7 Å². The highest BCUT2D eigenvalue weighted by molar-refractivity contribution is 5.90. The summed E-state index contributed by atoms with van der Waals surface area (Å²) in [4.78, 5) is 12.4. The predicted molar refractivity (Wildman–Crippen MR) is 66.3 cm³/mol. The molecule has 0 radical (unpaired) electrons. The molecule has 3 heteroatoms. The van der Waals surface area contributed by atoms with Gasteiger partial charge in [0.2, 0.25) is 0 Å². The van der Waals surface area contributed by atoms with E-state index in [1.165, 1.54) is 12.1 Å². The van der Waals surface area contributed by atoms with Crippen LogP contribution in [0.1, 0.15) is 37.7 Å². The molecule has 3 unspecified atom stereocenters. The van der Waals surface area contributed by atoms with E-state index in [2.05, 4.69) is 0 Å². The second kappa shape index (κ2) is 5.30. The lowest BCUT2D eigenvalue weighted by atomic mass is 9.83. The summed E-state index contributed by atoms with van der Waals surface area (Å²) in [7, 11) is 0. The van der Waals surface area contributed by atoms with Crippen molar-refractivity contribution >= 4 is 5.78 Å². The minimum Gasteiger partial charge on any atom is -0.298 e. The van der Waals surface area contributed by atoms with Crippen molar-refractivity contribution in [3.05, 3.63) is 35.6 Å². The van der Waals surface area contributed by atoms with E-state index in [-0.39, 0.29) is 17.3 Å². The third kappa shape index (κ3) is 2.28. The zero-order chi connectivity index (χ0) is 13.1. The Kier molecular flexibility index (Phi) is 3.76. The molecular weight excluding hydrogens is 229 g/mol. The molecule has 0 N–H and O–H groups in total. The number of Topliss-reactive ketones (excluding diaryl/α,β-unsaturated/α-hetero) is 1. The number of nitriles is 1. The monoisotopic (exact) mass is 245 g/mol. The summed E-state index contributed by atoms with van der Waals surface area (Å²) in [6.45, 7) is 2.03. The summed E-state index contributed by atoms with van der Waals surface area (Å²) in [5.74, 6) is -1.33. The van der Waals surface area contributed by atoms with Gasteiger partial charge >= 0.3 is 0 Å². The van der Waals surface area contributed by atoms with Gasteiger partial charge in [0.25, 0.3) is 0 Å². The smallest absolute Gasteiger partial charge is 0.157 e. The zero-order valence-corrected chi connectivity index (χ0v) is 10.4. The van der Waals surface area contributed by atoms with Gasteiger partial charge in [-0.1, -0.05) is 31.5 Å². The van der Waals surface area contributed by atoms with Crippen molar-refractivity contribution in [1.29, 1.82) is 5.26 Å². The lowest BCUT2D eigenvalue weighted by Crippen LogP contribution is -2.23. The number of carbonyl (C=O) groups is 1. The standard InChI is InChI=1S/C15H16FNO/c1-10-5-4-7-11(10)15(18)13(9-17)12-6-2-3-8-14(12)16/h2-3,6,8,10-11,13H,4-5,7H2,1H3. The molecule has 0 aromatic heterocycles. The molecule has 1 aromatic rings. The Bertz CT molecular complexity index is 492. The summed E-state index contributed by atoms with van der Waals surface area (Å²) < 4.78 is 13.7. The molecule has 1 aliphatic rings. The zero-order valence-electron chi connectivity index (χ0n) is 10.4. The molecule has 2 nitrogen and oxygen atoms in total. The Labute approximate surface area is 106 Å². The first-order valence-corrected chi connectivity index (χ1v) is 6.33. The van der Waals surface area contributed by atoms with Crippen LogP contribution >= 0.6 is 0 Å². The van der Waals surface area contributed by atoms with Crippen LogP contribution in [0.15, 0.2) is 24.3 Å². The Balaban J connectivity index is 2.27. The minimum atomic E-state index is -0.961. The average molecular weight is 245 g/mol. The van der Waals surface area contributed by atoms with Crippen LogP contribution in [0.2, 0.25) is 0 Å². The third-order valence-electron chi connectivity index (χ3n) is 3.86. The molecular formula is C15H16FNO. The summed E-state index contributed by atoms with van der Waals surface area (Å²) in [6, 6.07) is 8.02. The van der Waals surface area contributed by atoms with Crippen LogP contribution in [0.4, 0.5) is 4.39 Å². The second-order valence-corrected chi connectivity index (χ2v) is 5.00. The topological polar surface area (TPSA) is 40.9 Å². The van der Waals surface area contributed by atoms with E-state index >= 15 is 0 Å². The van der Waals surface area contributed by atoms with Crippen molar-refractivity contribution in [3.63, 3.8) is 0 Å². The van der Waals surface area contributed by atoms with Gasteiger partial charge in [0.15, 0.2) is 5.78 Å². The van der Waals surface area contributed by atoms with Gasteiger partial charge in [-0.15, -0.1) is 0 Å². The number of hydrogen-bond donors (Lipinski definition) is 0. The molecule has 0 saturated heterocycles. The summed E-state index contributed by atoms with van der Waals surface area (Å²) in [5.41, 5.74) is 0.212. The molecule has 1 aromatic carbocycles. The van der Waals surface area contributed by atoms with E-state index in [1.807, 2.05) is 13.0 Å². The molecule has 0 heterocycles. The van der Waals surface area contributed by atoms with E-state index in [0.29, 0.717) is 5.92 Å². The molecule has 3 atom stereocenters. The van der Waals surface area contributed by atoms with Crippen molar-refractivity contribution in [3.8, 4) is 6.07 Å². The van der Waals surface area contributed by atoms with Crippen LogP contribution in [-0.2, 0) is 4.79 Å². The van der Waals surface area contributed by atoms with Crippen molar-refractivity contribution in [1.82, 2.24) is 0 Å². The number of carbonyl (C=O) groups excluding carboxylic acids is 1. The van der Waals surface area contributed by atoms with Crippen molar-refractivity contribution in [2.45, 2.75) is 32.1 Å². The normalized spacial score (nSPS) is 24.5. The number of rotatable bonds is 3. The fourth-order valence-electron chi connectivity index (χ4n) is 2.78. The van der Waals surface area contributed by atoms with Gasteiger partial charge in [-0.3, -0.25) is 4.79 Å². The molecule has 0 bridgehead atoms. The first-order chi connectivity index (χ1) is 8.65. The van der Waals surface area contributed by atoms with Gasteiger partial charge in [-0.2, -0.15) is 5.26 Å². The molecule has 0 spiro atoms. The molecule has 1 aliphatic carbocycles. The van der Waals surface area contributed by atoms with Gasteiger partial charge in [-0.05, 0) is 24.8 Å². The average Bonchev–Trinajstić information content (AvgIpc) is 2.78. The summed E-state index contributed by atoms with van der Waals surface area (Å²) in [6.07, 6.45) is 2.87. The molecule has 1 fully saturated rings. The molecule has 94 valence electrons. The largest absolute Gasteiger partial charge is 0.298 e. The van der Waals surface area contributed by atoms with E-state index in [0.717, 1.165) is 19.3 Å². The highest BCUT2D eigenvalue weighted by atomic mass is 19.1. The predicted octanol–water partition coefficient (Wildman–Crippen LogP) is 3.44. The highest BCUT2D eigenvalue weighted by Gasteiger charge is 2.35. The quantitative estimate of drug-likeness (QED) is 0.818. The van der Waals surface area contributed by atoms with Crippen LogP contribution in [0.25, 0.3) is 0 Å². The maximum absolute atomic E-state index is 13.7. The molecule has 0 amide bonds. The van der Waals surface area contributed by atoms with Gasteiger partial charge in [0.05, 0.1) is 6.07 Å². The van der Waals surface area contributed by atoms with Gasteiger partial charge in [-0.25, -0.2) is 4.39 Å². The van der Waals surface area contributed by atoms with Crippen LogP contribution in [0.3, 0.4) is 0 Å². The van der Waals surface area contributed by atoms with Gasteiger partial charge in [0, 0.05) is 11.5 Å². The fourth-order valence-corrected chi connectivity index (χ4v) is 2.78. The van der Waals surface area contributed by atoms with Gasteiger partial charge < -0.3 is 0 Å². The maximum Gasteiger partial charge on any atom is 0.157 e. The third-order valence-corrected chi connectivity index (χ3v) is 3.86. The summed E-state index contributed by atoms with van der Waals surface area (Å²) >= 11 is 0. The number of nitrogens with zero attached hydrogens (tertiary/aromatic N) is 1. The Hall–Kier alpha value is -1.69. The SMILES string of the molecule is CC1CCCC1C(=O)C(C#N)c1ccccc1F. The van der Waals surface area contributed by atoms with E-state index in [9.17, 15) is 14.4 Å². The van der Waals surface area contributed by atoms with Crippen molar-refractivity contribution < 1.29 is 9.18 Å². The molecule has 1 saturated carbocycles. The maximum atomic E-state index is 13.7. The summed E-state index contributed by atoms with van der Waals surface area (Å²) in [5, 5.41) is 9.18. The fraction of sp³-hybridized carbons (Fsp3) is 0.467. The highest BCUT2D eigenvalue weighted by Crippen LogP contribution is 2.36. The first kappa shape index (κ1) is 12.8. The Morgan fingerprint density at radius 3 is 2.72 bits per heavy atom. The van der Waals surface area contributed by atoms with E-state index in [4.69, 9.17) is 0 Å². The Morgan fingerprint density at radius 2 is 2.17 bits per heavy atom. The number of halogens is 1. The molecule has 18 heavy (non-hydrogen) atoms. The second-order valence-electron chi connectivity index (χ2n) is 5.00.